The highest BCUT2D eigenvalue weighted by Gasteiger charge is 2.38. The normalized spacial score (nSPS) is 24.1. The topological polar surface area (TPSA) is 76.1 Å². The van der Waals surface area contributed by atoms with Gasteiger partial charge in [-0.25, -0.2) is 0 Å². The van der Waals surface area contributed by atoms with Crippen molar-refractivity contribution in [3.63, 3.8) is 0 Å². The van der Waals surface area contributed by atoms with Crippen molar-refractivity contribution >= 4 is 12.4 Å². The number of likely N-dealkylation sites (tertiary alicyclic amines) is 1. The molecular formula is C18H23NO5. The van der Waals surface area contributed by atoms with Crippen LogP contribution in [0.4, 0.5) is 0 Å². The fraction of sp³-hybridized carbons (Fsp3) is 0.556. The second kappa shape index (κ2) is 7.11. The smallest absolute Gasteiger partial charge is 0.308 e. The SMILES string of the molecule is COc1ccc([C@@H]2CN(C=O)C[C@H]2C(=O)O)cc1OC1CCCC1. The molecule has 1 saturated carbocycles. The Kier molecular flexibility index (Phi) is 4.92. The summed E-state index contributed by atoms with van der Waals surface area (Å²) in [7, 11) is 1.60. The Morgan fingerprint density at radius 3 is 2.62 bits per heavy atom. The molecule has 0 aromatic heterocycles. The maximum atomic E-state index is 11.5. The number of aliphatic carboxylic acids is 1. The van der Waals surface area contributed by atoms with Crippen LogP contribution in [0.15, 0.2) is 18.2 Å². The van der Waals surface area contributed by atoms with E-state index < -0.39 is 11.9 Å². The van der Waals surface area contributed by atoms with Gasteiger partial charge in [0.25, 0.3) is 0 Å². The molecule has 2 atom stereocenters. The minimum atomic E-state index is -0.876. The van der Waals surface area contributed by atoms with Crippen LogP contribution in [0.1, 0.15) is 37.2 Å². The minimum Gasteiger partial charge on any atom is -0.493 e. The first-order valence-electron chi connectivity index (χ1n) is 8.39. The molecule has 1 aromatic rings. The van der Waals surface area contributed by atoms with Crippen LogP contribution in [0.2, 0.25) is 0 Å². The van der Waals surface area contributed by atoms with E-state index in [1.54, 1.807) is 7.11 Å². The molecule has 0 spiro atoms. The second-order valence-electron chi connectivity index (χ2n) is 6.55. The summed E-state index contributed by atoms with van der Waals surface area (Å²) in [5.74, 6) is -0.385. The number of carbonyl (C=O) groups excluding carboxylic acids is 1. The molecule has 0 bridgehead atoms. The van der Waals surface area contributed by atoms with Crippen molar-refractivity contribution in [3.8, 4) is 11.5 Å². The molecule has 2 aliphatic rings. The summed E-state index contributed by atoms with van der Waals surface area (Å²) in [4.78, 5) is 24.1. The summed E-state index contributed by atoms with van der Waals surface area (Å²) in [6.07, 6.45) is 5.32. The average molecular weight is 333 g/mol. The molecule has 3 rings (SSSR count). The number of amides is 1. The van der Waals surface area contributed by atoms with E-state index in [0.29, 0.717) is 18.0 Å². The molecule has 1 saturated heterocycles. The monoisotopic (exact) mass is 333 g/mol. The van der Waals surface area contributed by atoms with Crippen LogP contribution >= 0.6 is 0 Å². The van der Waals surface area contributed by atoms with Crippen LogP contribution in [0, 0.1) is 5.92 Å². The van der Waals surface area contributed by atoms with Gasteiger partial charge in [-0.3, -0.25) is 9.59 Å². The maximum Gasteiger partial charge on any atom is 0.308 e. The van der Waals surface area contributed by atoms with Gasteiger partial charge in [0, 0.05) is 19.0 Å². The number of rotatable bonds is 6. The zero-order valence-corrected chi connectivity index (χ0v) is 13.8. The molecule has 6 heteroatoms. The second-order valence-corrected chi connectivity index (χ2v) is 6.55. The van der Waals surface area contributed by atoms with E-state index in [-0.39, 0.29) is 18.6 Å². The third-order valence-electron chi connectivity index (χ3n) is 5.03. The van der Waals surface area contributed by atoms with Gasteiger partial charge in [-0.15, -0.1) is 0 Å². The molecule has 1 heterocycles. The lowest BCUT2D eigenvalue weighted by atomic mass is 9.89. The van der Waals surface area contributed by atoms with Gasteiger partial charge in [0.1, 0.15) is 0 Å². The van der Waals surface area contributed by atoms with Crippen molar-refractivity contribution in [2.75, 3.05) is 20.2 Å². The fourth-order valence-corrected chi connectivity index (χ4v) is 3.71. The zero-order valence-electron chi connectivity index (χ0n) is 13.8. The lowest BCUT2D eigenvalue weighted by molar-refractivity contribution is -0.141. The Morgan fingerprint density at radius 2 is 2.00 bits per heavy atom. The first-order valence-corrected chi connectivity index (χ1v) is 8.39. The molecule has 1 aromatic carbocycles. The van der Waals surface area contributed by atoms with Crippen LogP contribution < -0.4 is 9.47 Å². The number of methoxy groups -OCH3 is 1. The van der Waals surface area contributed by atoms with Crippen LogP contribution in [-0.2, 0) is 9.59 Å². The lowest BCUT2D eigenvalue weighted by Gasteiger charge is -2.20. The predicted molar refractivity (Wildman–Crippen MR) is 87.4 cm³/mol. The van der Waals surface area contributed by atoms with Crippen LogP contribution in [-0.4, -0.2) is 48.7 Å². The van der Waals surface area contributed by atoms with Gasteiger partial charge in [-0.05, 0) is 43.4 Å². The Labute approximate surface area is 141 Å². The van der Waals surface area contributed by atoms with Crippen LogP contribution in [0.5, 0.6) is 11.5 Å². The number of hydrogen-bond acceptors (Lipinski definition) is 4. The van der Waals surface area contributed by atoms with E-state index in [0.717, 1.165) is 24.8 Å². The van der Waals surface area contributed by atoms with Gasteiger partial charge in [0.15, 0.2) is 11.5 Å². The molecule has 24 heavy (non-hydrogen) atoms. The summed E-state index contributed by atoms with van der Waals surface area (Å²) in [6.45, 7) is 0.657. The van der Waals surface area contributed by atoms with Crippen molar-refractivity contribution in [3.05, 3.63) is 23.8 Å². The Balaban J connectivity index is 1.86. The maximum absolute atomic E-state index is 11.5. The highest BCUT2D eigenvalue weighted by Crippen LogP contribution is 2.38. The summed E-state index contributed by atoms with van der Waals surface area (Å²) >= 11 is 0. The standard InChI is InChI=1S/C18H23NO5/c1-23-16-7-6-12(8-17(16)24-13-4-2-3-5-13)14-9-19(11-20)10-15(14)18(21)22/h6-8,11,13-15H,2-5,9-10H2,1H3,(H,21,22)/t14-,15+/m0/s1. The number of ether oxygens (including phenoxy) is 2. The summed E-state index contributed by atoms with van der Waals surface area (Å²) in [5.41, 5.74) is 0.876. The first-order chi connectivity index (χ1) is 11.6. The van der Waals surface area contributed by atoms with E-state index in [2.05, 4.69) is 0 Å². The summed E-state index contributed by atoms with van der Waals surface area (Å²) < 4.78 is 11.5. The van der Waals surface area contributed by atoms with E-state index in [1.807, 2.05) is 18.2 Å². The number of carboxylic acids is 1. The number of carbonyl (C=O) groups is 2. The lowest BCUT2D eigenvalue weighted by Crippen LogP contribution is -2.22. The predicted octanol–water partition coefficient (Wildman–Crippen LogP) is 2.27. The van der Waals surface area contributed by atoms with Crippen molar-refractivity contribution in [2.45, 2.75) is 37.7 Å². The number of benzene rings is 1. The molecule has 0 radical (unpaired) electrons. The van der Waals surface area contributed by atoms with Crippen LogP contribution in [0.25, 0.3) is 0 Å². The van der Waals surface area contributed by atoms with Gasteiger partial charge in [0.05, 0.1) is 19.1 Å². The van der Waals surface area contributed by atoms with Crippen molar-refractivity contribution in [1.29, 1.82) is 0 Å². The highest BCUT2D eigenvalue weighted by atomic mass is 16.5. The highest BCUT2D eigenvalue weighted by molar-refractivity contribution is 5.73. The molecular weight excluding hydrogens is 310 g/mol. The van der Waals surface area contributed by atoms with Crippen molar-refractivity contribution < 1.29 is 24.2 Å². The van der Waals surface area contributed by atoms with Crippen molar-refractivity contribution in [1.82, 2.24) is 4.90 Å². The number of carboxylic acid groups (broad SMARTS) is 1. The van der Waals surface area contributed by atoms with Crippen molar-refractivity contribution in [2.24, 2.45) is 5.92 Å². The van der Waals surface area contributed by atoms with Crippen LogP contribution in [0.3, 0.4) is 0 Å². The molecule has 1 aliphatic carbocycles. The Morgan fingerprint density at radius 1 is 1.25 bits per heavy atom. The van der Waals surface area contributed by atoms with E-state index >= 15 is 0 Å². The molecule has 130 valence electrons. The van der Waals surface area contributed by atoms with Gasteiger partial charge >= 0.3 is 5.97 Å². The number of nitrogens with zero attached hydrogens (tertiary/aromatic N) is 1. The Bertz CT molecular complexity index is 611. The quantitative estimate of drug-likeness (QED) is 0.808. The van der Waals surface area contributed by atoms with Gasteiger partial charge in [0.2, 0.25) is 6.41 Å². The molecule has 0 unspecified atom stereocenters. The third kappa shape index (κ3) is 3.32. The minimum absolute atomic E-state index is 0.194. The first kappa shape index (κ1) is 16.6. The third-order valence-corrected chi connectivity index (χ3v) is 5.03. The van der Waals surface area contributed by atoms with E-state index in [4.69, 9.17) is 9.47 Å². The molecule has 1 amide bonds. The van der Waals surface area contributed by atoms with E-state index in [9.17, 15) is 14.7 Å². The molecule has 1 N–H and O–H groups in total. The van der Waals surface area contributed by atoms with E-state index in [1.165, 1.54) is 17.7 Å². The number of hydrogen-bond donors (Lipinski definition) is 1. The Hall–Kier alpha value is -2.24. The molecule has 2 fully saturated rings. The summed E-state index contributed by atoms with van der Waals surface area (Å²) in [5, 5.41) is 9.46. The molecule has 6 nitrogen and oxygen atoms in total. The van der Waals surface area contributed by atoms with Gasteiger partial charge in [-0.1, -0.05) is 6.07 Å². The zero-order chi connectivity index (χ0) is 17.1. The fourth-order valence-electron chi connectivity index (χ4n) is 3.71. The molecule has 1 aliphatic heterocycles. The summed E-state index contributed by atoms with van der Waals surface area (Å²) in [6, 6.07) is 5.57. The largest absolute Gasteiger partial charge is 0.493 e. The van der Waals surface area contributed by atoms with Gasteiger partial charge < -0.3 is 19.5 Å². The van der Waals surface area contributed by atoms with Gasteiger partial charge in [-0.2, -0.15) is 0 Å². The average Bonchev–Trinajstić information content (AvgIpc) is 3.24.